The Labute approximate surface area is 184 Å². The molecule has 1 aliphatic rings. The molecule has 1 fully saturated rings. The Hall–Kier alpha value is -3.39. The average molecular weight is 438 g/mol. The van der Waals surface area contributed by atoms with E-state index >= 15 is 0 Å². The highest BCUT2D eigenvalue weighted by atomic mass is 19.3. The molecule has 1 saturated heterocycles. The summed E-state index contributed by atoms with van der Waals surface area (Å²) in [5.74, 6) is -3.93. The van der Waals surface area contributed by atoms with Crippen molar-refractivity contribution in [3.05, 3.63) is 82.9 Å². The van der Waals surface area contributed by atoms with Gasteiger partial charge in [-0.2, -0.15) is 0 Å². The summed E-state index contributed by atoms with van der Waals surface area (Å²) in [5.41, 5.74) is 1.96. The molecule has 2 aromatic heterocycles. The number of likely N-dealkylation sites (tertiary alicyclic amines) is 1. The molecule has 2 N–H and O–H groups in total. The number of nitrogens with one attached hydrogen (secondary N) is 2. The van der Waals surface area contributed by atoms with Crippen LogP contribution < -0.4 is 10.9 Å². The number of aromatic amines is 1. The monoisotopic (exact) mass is 438 g/mol. The zero-order valence-electron chi connectivity index (χ0n) is 17.6. The van der Waals surface area contributed by atoms with Crippen molar-refractivity contribution in [1.82, 2.24) is 14.9 Å². The number of piperidine rings is 1. The predicted octanol–water partition coefficient (Wildman–Crippen LogP) is 3.89. The number of amides is 1. The molecule has 0 bridgehead atoms. The number of anilines is 1. The second-order valence-electron chi connectivity index (χ2n) is 8.01. The van der Waals surface area contributed by atoms with E-state index in [2.05, 4.69) is 15.3 Å². The number of alkyl halides is 2. The fourth-order valence-corrected chi connectivity index (χ4v) is 3.93. The van der Waals surface area contributed by atoms with Gasteiger partial charge in [-0.1, -0.05) is 36.4 Å². The molecule has 2 unspecified atom stereocenters. The van der Waals surface area contributed by atoms with Crippen LogP contribution in [0.25, 0.3) is 11.1 Å². The second-order valence-corrected chi connectivity index (χ2v) is 8.01. The number of rotatable bonds is 5. The summed E-state index contributed by atoms with van der Waals surface area (Å²) < 4.78 is 29.2. The molecule has 0 spiro atoms. The molecular weight excluding hydrogens is 414 g/mol. The first-order valence-electron chi connectivity index (χ1n) is 10.5. The quantitative estimate of drug-likeness (QED) is 0.634. The van der Waals surface area contributed by atoms with Crippen molar-refractivity contribution in [3.63, 3.8) is 0 Å². The van der Waals surface area contributed by atoms with Crippen LogP contribution in [0.4, 0.5) is 14.6 Å². The van der Waals surface area contributed by atoms with Crippen LogP contribution in [0.3, 0.4) is 0 Å². The van der Waals surface area contributed by atoms with E-state index in [1.54, 1.807) is 24.1 Å². The molecule has 4 rings (SSSR count). The maximum absolute atomic E-state index is 14.6. The van der Waals surface area contributed by atoms with E-state index in [1.165, 1.54) is 18.3 Å². The minimum atomic E-state index is -2.92. The minimum absolute atomic E-state index is 0.00794. The van der Waals surface area contributed by atoms with Crippen molar-refractivity contribution < 1.29 is 13.6 Å². The van der Waals surface area contributed by atoms with Gasteiger partial charge in [-0.15, -0.1) is 0 Å². The number of hydrogen-bond acceptors (Lipinski definition) is 4. The van der Waals surface area contributed by atoms with Crippen molar-refractivity contribution in [3.8, 4) is 11.1 Å². The van der Waals surface area contributed by atoms with Gasteiger partial charge in [0.2, 0.25) is 11.5 Å². The van der Waals surface area contributed by atoms with Gasteiger partial charge in [0.05, 0.1) is 12.0 Å². The lowest BCUT2D eigenvalue weighted by Gasteiger charge is -2.40. The van der Waals surface area contributed by atoms with E-state index in [4.69, 9.17) is 0 Å². The number of benzene rings is 1. The summed E-state index contributed by atoms with van der Waals surface area (Å²) in [4.78, 5) is 32.6. The number of carbonyl (C=O) groups is 1. The lowest BCUT2D eigenvalue weighted by atomic mass is 9.87. The molecule has 1 amide bonds. The van der Waals surface area contributed by atoms with Gasteiger partial charge >= 0.3 is 0 Å². The largest absolute Gasteiger partial charge is 0.329 e. The maximum atomic E-state index is 14.6. The SMILES string of the molecule is CC(C(=O)Nc1ccc(-c2ccccc2)cn1)N1CCC(F)(F)C(c2ccc(=O)[nH]c2)C1. The van der Waals surface area contributed by atoms with Gasteiger partial charge in [0.15, 0.2) is 0 Å². The van der Waals surface area contributed by atoms with Gasteiger partial charge in [0.25, 0.3) is 5.92 Å². The third kappa shape index (κ3) is 4.75. The number of pyridine rings is 2. The van der Waals surface area contributed by atoms with Crippen LogP contribution in [0.2, 0.25) is 0 Å². The topological polar surface area (TPSA) is 78.1 Å². The second kappa shape index (κ2) is 9.00. The van der Waals surface area contributed by atoms with E-state index in [-0.39, 0.29) is 31.0 Å². The molecule has 0 aliphatic carbocycles. The van der Waals surface area contributed by atoms with E-state index in [1.807, 2.05) is 36.4 Å². The summed E-state index contributed by atoms with van der Waals surface area (Å²) >= 11 is 0. The summed E-state index contributed by atoms with van der Waals surface area (Å²) in [5, 5.41) is 2.77. The van der Waals surface area contributed by atoms with Crippen molar-refractivity contribution >= 4 is 11.7 Å². The zero-order valence-corrected chi connectivity index (χ0v) is 17.6. The number of nitrogens with zero attached hydrogens (tertiary/aromatic N) is 2. The highest BCUT2D eigenvalue weighted by Crippen LogP contribution is 2.40. The van der Waals surface area contributed by atoms with Crippen LogP contribution in [0, 0.1) is 0 Å². The van der Waals surface area contributed by atoms with E-state index in [9.17, 15) is 18.4 Å². The third-order valence-corrected chi connectivity index (χ3v) is 5.92. The van der Waals surface area contributed by atoms with Crippen molar-refractivity contribution in [2.45, 2.75) is 31.2 Å². The Morgan fingerprint density at radius 3 is 2.59 bits per heavy atom. The maximum Gasteiger partial charge on any atom is 0.257 e. The number of halogens is 2. The molecule has 0 radical (unpaired) electrons. The third-order valence-electron chi connectivity index (χ3n) is 5.92. The molecule has 6 nitrogen and oxygen atoms in total. The molecule has 1 aromatic carbocycles. The molecule has 0 saturated carbocycles. The van der Waals surface area contributed by atoms with Gasteiger partial charge in [-0.25, -0.2) is 13.8 Å². The number of carbonyl (C=O) groups excluding carboxylic acids is 1. The Morgan fingerprint density at radius 1 is 1.16 bits per heavy atom. The Morgan fingerprint density at radius 2 is 1.94 bits per heavy atom. The van der Waals surface area contributed by atoms with Crippen LogP contribution in [-0.4, -0.2) is 45.8 Å². The van der Waals surface area contributed by atoms with Crippen molar-refractivity contribution in [2.75, 3.05) is 18.4 Å². The summed E-state index contributed by atoms with van der Waals surface area (Å²) in [6, 6.07) is 15.4. The van der Waals surface area contributed by atoms with E-state index < -0.39 is 17.9 Å². The highest BCUT2D eigenvalue weighted by molar-refractivity contribution is 5.93. The van der Waals surface area contributed by atoms with Gasteiger partial charge < -0.3 is 10.3 Å². The molecule has 2 atom stereocenters. The molecule has 166 valence electrons. The van der Waals surface area contributed by atoms with Crippen molar-refractivity contribution in [2.24, 2.45) is 0 Å². The molecule has 1 aliphatic heterocycles. The molecule has 8 heteroatoms. The van der Waals surface area contributed by atoms with Crippen LogP contribution in [-0.2, 0) is 4.79 Å². The summed E-state index contributed by atoms with van der Waals surface area (Å²) in [6.45, 7) is 1.80. The lowest BCUT2D eigenvalue weighted by Crippen LogP contribution is -2.52. The Bertz CT molecular complexity index is 1110. The van der Waals surface area contributed by atoms with Gasteiger partial charge in [0.1, 0.15) is 5.82 Å². The van der Waals surface area contributed by atoms with Crippen LogP contribution in [0.5, 0.6) is 0 Å². The molecule has 3 aromatic rings. The first-order chi connectivity index (χ1) is 15.3. The van der Waals surface area contributed by atoms with E-state index in [0.717, 1.165) is 11.1 Å². The van der Waals surface area contributed by atoms with Crippen LogP contribution in [0.15, 0.2) is 71.8 Å². The van der Waals surface area contributed by atoms with Crippen molar-refractivity contribution in [1.29, 1.82) is 0 Å². The Kier molecular flexibility index (Phi) is 6.14. The van der Waals surface area contributed by atoms with Gasteiger partial charge in [0, 0.05) is 43.5 Å². The Balaban J connectivity index is 1.43. The van der Waals surface area contributed by atoms with Crippen LogP contribution in [0.1, 0.15) is 24.8 Å². The molecular formula is C24H24F2N4O2. The fraction of sp³-hybridized carbons (Fsp3) is 0.292. The average Bonchev–Trinajstić information content (AvgIpc) is 2.80. The molecule has 32 heavy (non-hydrogen) atoms. The standard InChI is InChI=1S/C24H24F2N4O2/c1-16(23(32)29-21-9-7-18(13-27-21)17-5-3-2-4-6-17)30-12-11-24(25,26)20(15-30)19-8-10-22(31)28-14-19/h2-10,13-14,16,20H,11-12,15H2,1H3,(H,28,31)(H,27,29,32). The highest BCUT2D eigenvalue weighted by Gasteiger charge is 2.46. The smallest absolute Gasteiger partial charge is 0.257 e. The number of H-pyrrole nitrogens is 1. The fourth-order valence-electron chi connectivity index (χ4n) is 3.93. The predicted molar refractivity (Wildman–Crippen MR) is 119 cm³/mol. The normalized spacial score (nSPS) is 19.3. The first-order valence-corrected chi connectivity index (χ1v) is 10.5. The minimum Gasteiger partial charge on any atom is -0.329 e. The first kappa shape index (κ1) is 21.8. The summed E-state index contributed by atoms with van der Waals surface area (Å²) in [6.07, 6.45) is 2.65. The lowest BCUT2D eigenvalue weighted by molar-refractivity contribution is -0.125. The number of aromatic nitrogens is 2. The van der Waals surface area contributed by atoms with E-state index in [0.29, 0.717) is 11.4 Å². The molecule has 3 heterocycles. The van der Waals surface area contributed by atoms with Gasteiger partial charge in [-0.3, -0.25) is 14.5 Å². The van der Waals surface area contributed by atoms with Crippen LogP contribution >= 0.6 is 0 Å². The van der Waals surface area contributed by atoms with Gasteiger partial charge in [-0.05, 0) is 30.2 Å². The number of hydrogen-bond donors (Lipinski definition) is 2. The zero-order chi connectivity index (χ0) is 22.7. The summed E-state index contributed by atoms with van der Waals surface area (Å²) in [7, 11) is 0.